The van der Waals surface area contributed by atoms with Crippen LogP contribution in [0.15, 0.2) is 61.2 Å². The number of H-pyrrole nitrogens is 1. The van der Waals surface area contributed by atoms with E-state index in [2.05, 4.69) is 50.7 Å². The number of anilines is 4. The minimum atomic E-state index is -0.517. The first-order valence-electron chi connectivity index (χ1n) is 15.1. The Morgan fingerprint density at radius 3 is 1.92 bits per heavy atom. The van der Waals surface area contributed by atoms with Crippen molar-refractivity contribution >= 4 is 35.3 Å². The van der Waals surface area contributed by atoms with Gasteiger partial charge in [0.15, 0.2) is 18.4 Å². The molecule has 2 aliphatic rings. The maximum Gasteiger partial charge on any atom is 0.271 e. The Bertz CT molecular complexity index is 2030. The van der Waals surface area contributed by atoms with E-state index >= 15 is 0 Å². The van der Waals surface area contributed by atoms with E-state index in [1.54, 1.807) is 35.0 Å². The third-order valence-corrected chi connectivity index (χ3v) is 8.10. The average molecular weight is 679 g/mol. The first-order chi connectivity index (χ1) is 23.3. The maximum absolute atomic E-state index is 11.6. The number of aromatic amines is 1. The van der Waals surface area contributed by atoms with E-state index < -0.39 is 11.8 Å². The molecule has 0 bridgehead atoms. The van der Waals surface area contributed by atoms with Crippen LogP contribution in [0.25, 0.3) is 22.8 Å². The van der Waals surface area contributed by atoms with E-state index in [0.29, 0.717) is 41.3 Å². The van der Waals surface area contributed by atoms with Gasteiger partial charge in [-0.3, -0.25) is 14.3 Å². The maximum atomic E-state index is 11.6. The number of aryl methyl sites for hydroxylation is 4. The molecule has 2 aliphatic carbocycles. The molecule has 0 atom stereocenters. The Labute approximate surface area is 285 Å². The van der Waals surface area contributed by atoms with Gasteiger partial charge in [0, 0.05) is 43.0 Å². The van der Waals surface area contributed by atoms with Crippen molar-refractivity contribution in [3.63, 3.8) is 0 Å². The Morgan fingerprint density at radius 1 is 0.796 bits per heavy atom. The summed E-state index contributed by atoms with van der Waals surface area (Å²) in [5.41, 5.74) is 18.7. The van der Waals surface area contributed by atoms with Crippen LogP contribution in [0.5, 0.6) is 0 Å². The molecular formula is C32H31ClN14O2. The largest absolute Gasteiger partial charge is 1.00 e. The number of nitrogens with two attached hydrogens (primary N) is 2. The van der Waals surface area contributed by atoms with Gasteiger partial charge in [0.1, 0.15) is 17.3 Å². The molecule has 0 radical (unpaired) electrons. The van der Waals surface area contributed by atoms with Crippen LogP contribution in [0, 0.1) is 0 Å². The molecule has 17 heteroatoms. The first-order valence-corrected chi connectivity index (χ1v) is 15.1. The van der Waals surface area contributed by atoms with E-state index in [1.807, 2.05) is 49.6 Å². The van der Waals surface area contributed by atoms with Gasteiger partial charge >= 0.3 is 0 Å². The zero-order valence-electron chi connectivity index (χ0n) is 26.5. The molecule has 0 saturated carbocycles. The minimum Gasteiger partial charge on any atom is -1.00 e. The summed E-state index contributed by atoms with van der Waals surface area (Å²) in [5.74, 6) is 1.26. The fourth-order valence-corrected chi connectivity index (χ4v) is 5.99. The highest BCUT2D eigenvalue weighted by Gasteiger charge is 2.33. The molecular weight excluding hydrogens is 648 g/mol. The summed E-state index contributed by atoms with van der Waals surface area (Å²) in [7, 11) is 3.63. The minimum absolute atomic E-state index is 0. The molecule has 6 heterocycles. The van der Waals surface area contributed by atoms with Crippen molar-refractivity contribution in [3.8, 4) is 22.8 Å². The lowest BCUT2D eigenvalue weighted by Crippen LogP contribution is -3.00. The molecule has 7 N–H and O–H groups in total. The summed E-state index contributed by atoms with van der Waals surface area (Å²) < 4.78 is 3.44. The number of hydrogen-bond acceptors (Lipinski definition) is 11. The molecule has 0 aromatic carbocycles. The Morgan fingerprint density at radius 2 is 1.37 bits per heavy atom. The molecule has 6 aromatic rings. The molecule has 2 amide bonds. The van der Waals surface area contributed by atoms with Gasteiger partial charge in [-0.1, -0.05) is 12.1 Å². The van der Waals surface area contributed by atoms with Crippen molar-refractivity contribution in [2.45, 2.75) is 25.7 Å². The number of carbonyl (C=O) groups is 2. The SMILES string of the molecule is C[n+]1[nH]c(C(N)=O)c2c1-c1nc(Nc3ccccn3)ncc1CC2.Cn1nc(C(N)=O)c2c1-c1nc(Nc3ccccn3)ncc1CC2.[Cl-]. The summed E-state index contributed by atoms with van der Waals surface area (Å²) in [4.78, 5) is 49.6. The van der Waals surface area contributed by atoms with Gasteiger partial charge in [-0.05, 0) is 55.5 Å². The standard InChI is InChI=1S/2C16H15N7O.ClH/c2*1-23-14-10(13(22-23)15(17)24)6-5-9-8-19-16(21-12(9)14)20-11-4-2-3-7-18-11;/h2-4,7-8H,5-6H2,1H3,(H2,17,24)(H,18,19,20,21);2-4,7-8H,5-6H2,1H3,(H3,17,18,19,20,21,24);1H. The van der Waals surface area contributed by atoms with Crippen molar-refractivity contribution in [3.05, 3.63) is 94.8 Å². The summed E-state index contributed by atoms with van der Waals surface area (Å²) >= 11 is 0. The second-order valence-electron chi connectivity index (χ2n) is 11.2. The van der Waals surface area contributed by atoms with E-state index in [0.717, 1.165) is 64.3 Å². The van der Waals surface area contributed by atoms with E-state index in [4.69, 9.17) is 11.5 Å². The van der Waals surface area contributed by atoms with Crippen LogP contribution in [0.2, 0.25) is 0 Å². The number of primary amides is 2. The lowest BCUT2D eigenvalue weighted by molar-refractivity contribution is -0.716. The van der Waals surface area contributed by atoms with Crippen LogP contribution in [0.3, 0.4) is 0 Å². The number of hydrogen-bond donors (Lipinski definition) is 5. The molecule has 0 saturated heterocycles. The van der Waals surface area contributed by atoms with Crippen LogP contribution in [-0.4, -0.2) is 56.6 Å². The second kappa shape index (κ2) is 13.4. The van der Waals surface area contributed by atoms with Gasteiger partial charge < -0.3 is 34.5 Å². The van der Waals surface area contributed by atoms with Crippen LogP contribution in [-0.2, 0) is 39.8 Å². The van der Waals surface area contributed by atoms with Gasteiger partial charge in [0.25, 0.3) is 17.5 Å². The smallest absolute Gasteiger partial charge is 0.271 e. The number of nitrogens with one attached hydrogen (secondary N) is 3. The van der Waals surface area contributed by atoms with Crippen LogP contribution in [0.1, 0.15) is 43.2 Å². The van der Waals surface area contributed by atoms with Gasteiger partial charge in [0.05, 0.1) is 17.0 Å². The van der Waals surface area contributed by atoms with Crippen molar-refractivity contribution < 1.29 is 26.7 Å². The predicted octanol–water partition coefficient (Wildman–Crippen LogP) is -1.15. The van der Waals surface area contributed by atoms with Crippen molar-refractivity contribution in [2.75, 3.05) is 10.6 Å². The normalized spacial score (nSPS) is 12.1. The number of aromatic nitrogens is 10. The van der Waals surface area contributed by atoms with Gasteiger partial charge in [-0.2, -0.15) is 10.2 Å². The lowest BCUT2D eigenvalue weighted by Gasteiger charge is -2.17. The molecule has 0 spiro atoms. The fraction of sp³-hybridized carbons (Fsp3) is 0.188. The summed E-state index contributed by atoms with van der Waals surface area (Å²) in [6.07, 6.45) is 9.95. The Balaban J connectivity index is 0.000000167. The molecule has 16 nitrogen and oxygen atoms in total. The van der Waals surface area contributed by atoms with Crippen molar-refractivity contribution in [2.24, 2.45) is 25.6 Å². The quantitative estimate of drug-likeness (QED) is 0.132. The Kier molecular flexibility index (Phi) is 8.96. The summed E-state index contributed by atoms with van der Waals surface area (Å²) in [6.45, 7) is 0. The Hall–Kier alpha value is -6.29. The highest BCUT2D eigenvalue weighted by atomic mass is 35.5. The molecule has 0 unspecified atom stereocenters. The number of amides is 2. The zero-order valence-corrected chi connectivity index (χ0v) is 27.2. The number of fused-ring (bicyclic) bond motifs is 6. The second-order valence-corrected chi connectivity index (χ2v) is 11.2. The third kappa shape index (κ3) is 6.36. The van der Waals surface area contributed by atoms with Gasteiger partial charge in [-0.25, -0.2) is 29.9 Å². The number of nitrogens with zero attached hydrogens (tertiary/aromatic N) is 9. The highest BCUT2D eigenvalue weighted by molar-refractivity contribution is 5.95. The van der Waals surface area contributed by atoms with Crippen LogP contribution in [0.4, 0.5) is 23.5 Å². The lowest BCUT2D eigenvalue weighted by atomic mass is 9.93. The topological polar surface area (TPSA) is 225 Å². The van der Waals surface area contributed by atoms with Crippen molar-refractivity contribution in [1.82, 2.24) is 44.8 Å². The van der Waals surface area contributed by atoms with Crippen LogP contribution >= 0.6 is 0 Å². The average Bonchev–Trinajstić information content (AvgIpc) is 3.63. The molecule has 49 heavy (non-hydrogen) atoms. The van der Waals surface area contributed by atoms with Crippen molar-refractivity contribution in [1.29, 1.82) is 0 Å². The van der Waals surface area contributed by atoms with Gasteiger partial charge in [0.2, 0.25) is 11.9 Å². The van der Waals surface area contributed by atoms with Gasteiger partial charge in [-0.15, -0.1) is 4.68 Å². The third-order valence-electron chi connectivity index (χ3n) is 8.10. The summed E-state index contributed by atoms with van der Waals surface area (Å²) in [5, 5.41) is 13.4. The molecule has 6 aromatic heterocycles. The monoisotopic (exact) mass is 678 g/mol. The van der Waals surface area contributed by atoms with E-state index in [-0.39, 0.29) is 12.4 Å². The number of pyridine rings is 2. The highest BCUT2D eigenvalue weighted by Crippen LogP contribution is 2.34. The number of rotatable bonds is 6. The summed E-state index contributed by atoms with van der Waals surface area (Å²) in [6, 6.07) is 11.1. The molecule has 248 valence electrons. The number of carbonyl (C=O) groups excluding carboxylic acids is 2. The predicted molar refractivity (Wildman–Crippen MR) is 174 cm³/mol. The van der Waals surface area contributed by atoms with Crippen LogP contribution < -0.4 is 39.2 Å². The van der Waals surface area contributed by atoms with E-state index in [1.165, 1.54) is 0 Å². The first kappa shape index (κ1) is 32.6. The molecule has 8 rings (SSSR count). The van der Waals surface area contributed by atoms with E-state index in [9.17, 15) is 9.59 Å². The fourth-order valence-electron chi connectivity index (χ4n) is 5.99. The molecule has 0 fully saturated rings. The zero-order chi connectivity index (χ0) is 33.4. The molecule has 0 aliphatic heterocycles. The number of halogens is 1.